The highest BCUT2D eigenvalue weighted by molar-refractivity contribution is 5.13. The zero-order valence-corrected chi connectivity index (χ0v) is 9.31. The van der Waals surface area contributed by atoms with Crippen molar-refractivity contribution in [2.24, 2.45) is 0 Å². The Morgan fingerprint density at radius 3 is 2.67 bits per heavy atom. The molecule has 1 aromatic carbocycles. The molecule has 1 rings (SSSR count). The predicted octanol–water partition coefficient (Wildman–Crippen LogP) is 2.53. The van der Waals surface area contributed by atoms with Gasteiger partial charge >= 0.3 is 0 Å². The maximum absolute atomic E-state index is 9.21. The van der Waals surface area contributed by atoms with E-state index in [-0.39, 0.29) is 6.10 Å². The normalized spacial score (nSPS) is 13.9. The van der Waals surface area contributed by atoms with Gasteiger partial charge in [0.2, 0.25) is 0 Å². The Balaban J connectivity index is 2.26. The van der Waals surface area contributed by atoms with E-state index in [4.69, 9.17) is 4.74 Å². The summed E-state index contributed by atoms with van der Waals surface area (Å²) in [7, 11) is 0. The maximum Gasteiger partial charge on any atom is 0.0721 e. The van der Waals surface area contributed by atoms with Crippen molar-refractivity contribution in [2.75, 3.05) is 6.61 Å². The van der Waals surface area contributed by atoms with Crippen LogP contribution in [0.2, 0.25) is 0 Å². The van der Waals surface area contributed by atoms with Crippen molar-refractivity contribution in [3.8, 4) is 0 Å². The molecule has 0 saturated heterocycles. The van der Waals surface area contributed by atoms with Crippen LogP contribution in [0.15, 0.2) is 42.0 Å². The summed E-state index contributed by atoms with van der Waals surface area (Å²) in [6, 6.07) is 10.0. The molecule has 1 aromatic rings. The van der Waals surface area contributed by atoms with E-state index in [0.29, 0.717) is 13.2 Å². The van der Waals surface area contributed by atoms with Gasteiger partial charge in [0.05, 0.1) is 19.3 Å². The molecular weight excluding hydrogens is 188 g/mol. The maximum atomic E-state index is 9.21. The van der Waals surface area contributed by atoms with Crippen molar-refractivity contribution >= 4 is 0 Å². The van der Waals surface area contributed by atoms with Gasteiger partial charge in [-0.15, -0.1) is 0 Å². The molecule has 0 saturated carbocycles. The lowest BCUT2D eigenvalue weighted by Gasteiger charge is -2.05. The highest BCUT2D eigenvalue weighted by atomic mass is 16.5. The Morgan fingerprint density at radius 1 is 1.40 bits per heavy atom. The van der Waals surface area contributed by atoms with Crippen molar-refractivity contribution in [2.45, 2.75) is 26.6 Å². The fraction of sp³-hybridized carbons (Fsp3) is 0.385. The van der Waals surface area contributed by atoms with Gasteiger partial charge in [0.15, 0.2) is 0 Å². The van der Waals surface area contributed by atoms with E-state index in [1.54, 1.807) is 6.92 Å². The van der Waals surface area contributed by atoms with Crippen molar-refractivity contribution in [3.05, 3.63) is 47.5 Å². The second kappa shape index (κ2) is 6.38. The first-order chi connectivity index (χ1) is 7.20. The zero-order chi connectivity index (χ0) is 11.1. The third-order valence-corrected chi connectivity index (χ3v) is 2.29. The van der Waals surface area contributed by atoms with E-state index in [1.165, 1.54) is 5.56 Å². The number of hydrogen-bond donors (Lipinski definition) is 1. The van der Waals surface area contributed by atoms with E-state index < -0.39 is 0 Å². The lowest BCUT2D eigenvalue weighted by atomic mass is 10.2. The van der Waals surface area contributed by atoms with Crippen molar-refractivity contribution < 1.29 is 9.84 Å². The first-order valence-corrected chi connectivity index (χ1v) is 5.16. The third kappa shape index (κ3) is 4.77. The molecule has 2 nitrogen and oxygen atoms in total. The molecule has 2 heteroatoms. The molecule has 1 unspecified atom stereocenters. The van der Waals surface area contributed by atoms with Gasteiger partial charge in [-0.1, -0.05) is 36.4 Å². The molecule has 15 heavy (non-hydrogen) atoms. The monoisotopic (exact) mass is 206 g/mol. The van der Waals surface area contributed by atoms with Crippen LogP contribution in [0, 0.1) is 0 Å². The first-order valence-electron chi connectivity index (χ1n) is 5.16. The van der Waals surface area contributed by atoms with Crippen LogP contribution >= 0.6 is 0 Å². The van der Waals surface area contributed by atoms with Crippen LogP contribution in [-0.2, 0) is 11.3 Å². The van der Waals surface area contributed by atoms with Crippen LogP contribution in [0.4, 0.5) is 0 Å². The topological polar surface area (TPSA) is 29.5 Å². The Labute approximate surface area is 91.2 Å². The third-order valence-electron chi connectivity index (χ3n) is 2.29. The summed E-state index contributed by atoms with van der Waals surface area (Å²) < 4.78 is 5.45. The fourth-order valence-electron chi connectivity index (χ4n) is 1.11. The van der Waals surface area contributed by atoms with Crippen LogP contribution in [0.3, 0.4) is 0 Å². The van der Waals surface area contributed by atoms with Crippen molar-refractivity contribution in [1.82, 2.24) is 0 Å². The molecule has 0 fully saturated rings. The van der Waals surface area contributed by atoms with Crippen molar-refractivity contribution in [3.63, 3.8) is 0 Å². The molecule has 0 radical (unpaired) electrons. The lowest BCUT2D eigenvalue weighted by Crippen LogP contribution is -2.02. The van der Waals surface area contributed by atoms with E-state index in [0.717, 1.165) is 5.57 Å². The summed E-state index contributed by atoms with van der Waals surface area (Å²) in [5.74, 6) is 0. The van der Waals surface area contributed by atoms with Gasteiger partial charge in [0.1, 0.15) is 0 Å². The van der Waals surface area contributed by atoms with Crippen LogP contribution < -0.4 is 0 Å². The van der Waals surface area contributed by atoms with E-state index in [2.05, 4.69) is 0 Å². The Bertz CT molecular complexity index is 302. The van der Waals surface area contributed by atoms with Crippen LogP contribution in [-0.4, -0.2) is 17.8 Å². The summed E-state index contributed by atoms with van der Waals surface area (Å²) in [4.78, 5) is 0. The average molecular weight is 206 g/mol. The second-order valence-electron chi connectivity index (χ2n) is 3.62. The summed E-state index contributed by atoms with van der Waals surface area (Å²) in [6.07, 6.45) is 1.53. The summed E-state index contributed by atoms with van der Waals surface area (Å²) in [6.45, 7) is 4.82. The van der Waals surface area contributed by atoms with Gasteiger partial charge < -0.3 is 9.84 Å². The van der Waals surface area contributed by atoms with E-state index in [9.17, 15) is 5.11 Å². The smallest absolute Gasteiger partial charge is 0.0721 e. The number of benzene rings is 1. The molecule has 0 aliphatic heterocycles. The molecule has 0 amide bonds. The second-order valence-corrected chi connectivity index (χ2v) is 3.62. The highest BCUT2D eigenvalue weighted by Gasteiger charge is 1.96. The Morgan fingerprint density at radius 2 is 2.07 bits per heavy atom. The molecule has 1 atom stereocenters. The molecule has 0 bridgehead atoms. The Kier molecular flexibility index (Phi) is 5.08. The number of aliphatic hydroxyl groups excluding tert-OH is 1. The molecule has 0 aliphatic carbocycles. The van der Waals surface area contributed by atoms with Crippen LogP contribution in [0.5, 0.6) is 0 Å². The fourth-order valence-corrected chi connectivity index (χ4v) is 1.11. The summed E-state index contributed by atoms with van der Waals surface area (Å²) in [5, 5.41) is 9.21. The lowest BCUT2D eigenvalue weighted by molar-refractivity contribution is 0.146. The minimum Gasteiger partial charge on any atom is -0.389 e. The number of ether oxygens (including phenoxy) is 1. The SMILES string of the molecule is C/C(=C\COCc1ccccc1)C(C)O. The highest BCUT2D eigenvalue weighted by Crippen LogP contribution is 2.02. The summed E-state index contributed by atoms with van der Waals surface area (Å²) >= 11 is 0. The zero-order valence-electron chi connectivity index (χ0n) is 9.31. The van der Waals surface area contributed by atoms with Gasteiger partial charge in [-0.2, -0.15) is 0 Å². The average Bonchev–Trinajstić information content (AvgIpc) is 2.25. The molecule has 0 aliphatic rings. The summed E-state index contributed by atoms with van der Waals surface area (Å²) in [5.41, 5.74) is 2.11. The molecule has 0 heterocycles. The molecular formula is C13H18O2. The van der Waals surface area contributed by atoms with Crippen molar-refractivity contribution in [1.29, 1.82) is 0 Å². The van der Waals surface area contributed by atoms with Gasteiger partial charge in [0.25, 0.3) is 0 Å². The Hall–Kier alpha value is -1.12. The largest absolute Gasteiger partial charge is 0.389 e. The first kappa shape index (κ1) is 12.0. The van der Waals surface area contributed by atoms with E-state index >= 15 is 0 Å². The predicted molar refractivity (Wildman–Crippen MR) is 61.5 cm³/mol. The van der Waals surface area contributed by atoms with Gasteiger partial charge in [0, 0.05) is 0 Å². The van der Waals surface area contributed by atoms with Gasteiger partial charge in [-0.25, -0.2) is 0 Å². The molecule has 0 aromatic heterocycles. The number of hydrogen-bond acceptors (Lipinski definition) is 2. The quantitative estimate of drug-likeness (QED) is 0.592. The number of rotatable bonds is 5. The van der Waals surface area contributed by atoms with Crippen LogP contribution in [0.1, 0.15) is 19.4 Å². The van der Waals surface area contributed by atoms with Crippen LogP contribution in [0.25, 0.3) is 0 Å². The standard InChI is InChI=1S/C13H18O2/c1-11(12(2)14)8-9-15-10-13-6-4-3-5-7-13/h3-8,12,14H,9-10H2,1-2H3/b11-8+. The molecule has 1 N–H and O–H groups in total. The molecule has 82 valence electrons. The minimum absolute atomic E-state index is 0.384. The van der Waals surface area contributed by atoms with Gasteiger partial charge in [-0.05, 0) is 25.0 Å². The number of aliphatic hydroxyl groups is 1. The van der Waals surface area contributed by atoms with E-state index in [1.807, 2.05) is 43.3 Å². The minimum atomic E-state index is -0.384. The molecule has 0 spiro atoms. The van der Waals surface area contributed by atoms with Gasteiger partial charge in [-0.3, -0.25) is 0 Å².